The van der Waals surface area contributed by atoms with Gasteiger partial charge in [0, 0.05) is 23.5 Å². The number of rotatable bonds is 6. The van der Waals surface area contributed by atoms with E-state index in [2.05, 4.69) is 15.6 Å². The van der Waals surface area contributed by atoms with Crippen LogP contribution in [-0.2, 0) is 4.79 Å². The highest BCUT2D eigenvalue weighted by molar-refractivity contribution is 8.00. The lowest BCUT2D eigenvalue weighted by Gasteiger charge is -2.15. The molecule has 26 heavy (non-hydrogen) atoms. The van der Waals surface area contributed by atoms with E-state index in [9.17, 15) is 14.9 Å². The van der Waals surface area contributed by atoms with Crippen molar-refractivity contribution in [3.63, 3.8) is 0 Å². The number of carbonyl (C=O) groups is 1. The first-order chi connectivity index (χ1) is 12.5. The van der Waals surface area contributed by atoms with Crippen LogP contribution in [0.25, 0.3) is 10.2 Å². The summed E-state index contributed by atoms with van der Waals surface area (Å²) in [5, 5.41) is 16.7. The van der Waals surface area contributed by atoms with E-state index >= 15 is 0 Å². The number of aromatic nitrogens is 1. The Hall–Kier alpha value is -2.65. The summed E-state index contributed by atoms with van der Waals surface area (Å²) in [4.78, 5) is 27.2. The third-order valence-corrected chi connectivity index (χ3v) is 5.65. The van der Waals surface area contributed by atoms with E-state index in [0.717, 1.165) is 20.2 Å². The summed E-state index contributed by atoms with van der Waals surface area (Å²) in [5.74, 6) is -0.278. The zero-order valence-electron chi connectivity index (χ0n) is 14.1. The van der Waals surface area contributed by atoms with E-state index in [1.54, 1.807) is 36.1 Å². The fourth-order valence-electron chi connectivity index (χ4n) is 2.34. The molecule has 3 rings (SSSR count). The van der Waals surface area contributed by atoms with Crippen molar-refractivity contribution >= 4 is 56.3 Å². The number of benzene rings is 2. The maximum absolute atomic E-state index is 12.4. The quantitative estimate of drug-likeness (QED) is 0.370. The van der Waals surface area contributed by atoms with E-state index in [0.29, 0.717) is 5.69 Å². The van der Waals surface area contributed by atoms with E-state index in [-0.39, 0.29) is 11.6 Å². The Bertz CT molecular complexity index is 974. The van der Waals surface area contributed by atoms with Crippen LogP contribution in [0.2, 0.25) is 0 Å². The van der Waals surface area contributed by atoms with Crippen molar-refractivity contribution in [1.29, 1.82) is 0 Å². The molecular formula is C17H16N4O3S2. The molecule has 0 saturated heterocycles. The molecule has 1 heterocycles. The van der Waals surface area contributed by atoms with Crippen molar-refractivity contribution in [2.75, 3.05) is 16.9 Å². The number of nitrogens with one attached hydrogen (secondary N) is 2. The molecule has 0 bridgehead atoms. The van der Waals surface area contributed by atoms with Gasteiger partial charge in [-0.15, -0.1) is 11.3 Å². The first-order valence-corrected chi connectivity index (χ1v) is 9.77. The van der Waals surface area contributed by atoms with Crippen molar-refractivity contribution in [2.24, 2.45) is 0 Å². The maximum atomic E-state index is 12.4. The van der Waals surface area contributed by atoms with Crippen LogP contribution >= 0.6 is 23.1 Å². The van der Waals surface area contributed by atoms with Gasteiger partial charge in [-0.25, -0.2) is 4.98 Å². The van der Waals surface area contributed by atoms with Gasteiger partial charge in [0.15, 0.2) is 4.34 Å². The number of thioether (sulfide) groups is 1. The minimum absolute atomic E-state index is 0.0661. The van der Waals surface area contributed by atoms with E-state index in [1.807, 2.05) is 24.5 Å². The van der Waals surface area contributed by atoms with Gasteiger partial charge < -0.3 is 10.6 Å². The van der Waals surface area contributed by atoms with Gasteiger partial charge >= 0.3 is 0 Å². The number of amides is 1. The summed E-state index contributed by atoms with van der Waals surface area (Å²) in [6.45, 7) is 1.73. The number of nitro benzene ring substituents is 1. The molecular weight excluding hydrogens is 372 g/mol. The number of nitro groups is 1. The molecule has 1 aromatic heterocycles. The molecule has 1 amide bonds. The molecule has 0 saturated carbocycles. The molecule has 0 aliphatic heterocycles. The van der Waals surface area contributed by atoms with E-state index in [1.165, 1.54) is 18.2 Å². The van der Waals surface area contributed by atoms with Crippen LogP contribution in [0.15, 0.2) is 46.8 Å². The number of fused-ring (bicyclic) bond motifs is 1. The summed E-state index contributed by atoms with van der Waals surface area (Å²) >= 11 is 3.20. The van der Waals surface area contributed by atoms with Crippen LogP contribution in [0.1, 0.15) is 6.92 Å². The Morgan fingerprint density at radius 2 is 2.08 bits per heavy atom. The molecule has 1 unspecified atom stereocenters. The number of anilines is 2. The van der Waals surface area contributed by atoms with Crippen LogP contribution < -0.4 is 10.6 Å². The van der Waals surface area contributed by atoms with E-state index < -0.39 is 11.0 Å². The van der Waals surface area contributed by atoms with Crippen molar-refractivity contribution in [1.82, 2.24) is 4.98 Å². The molecule has 2 N–H and O–H groups in total. The number of thiazole rings is 1. The molecule has 0 radical (unpaired) electrons. The van der Waals surface area contributed by atoms with Gasteiger partial charge in [0.25, 0.3) is 5.69 Å². The summed E-state index contributed by atoms with van der Waals surface area (Å²) < 4.78 is 2.04. The Morgan fingerprint density at radius 1 is 1.27 bits per heavy atom. The minimum Gasteiger partial charge on any atom is -0.374 e. The minimum atomic E-state index is -0.514. The molecule has 0 spiro atoms. The smallest absolute Gasteiger partial charge is 0.271 e. The molecule has 1 atom stereocenters. The van der Waals surface area contributed by atoms with Crippen LogP contribution in [-0.4, -0.2) is 28.1 Å². The Labute approximate surface area is 158 Å². The van der Waals surface area contributed by atoms with Crippen LogP contribution in [0.5, 0.6) is 0 Å². The Balaban J connectivity index is 1.69. The van der Waals surface area contributed by atoms with Gasteiger partial charge in [-0.3, -0.25) is 14.9 Å². The zero-order chi connectivity index (χ0) is 18.7. The molecule has 7 nitrogen and oxygen atoms in total. The predicted octanol–water partition coefficient (Wildman–Crippen LogP) is 4.37. The second-order valence-electron chi connectivity index (χ2n) is 5.53. The lowest BCUT2D eigenvalue weighted by Crippen LogP contribution is -2.31. The van der Waals surface area contributed by atoms with Gasteiger partial charge in [0.2, 0.25) is 5.91 Å². The van der Waals surface area contributed by atoms with E-state index in [4.69, 9.17) is 0 Å². The summed E-state index contributed by atoms with van der Waals surface area (Å²) in [6.07, 6.45) is 1.98. The second-order valence-corrected chi connectivity index (χ2v) is 7.61. The molecule has 3 aromatic rings. The highest BCUT2D eigenvalue weighted by atomic mass is 32.2. The third kappa shape index (κ3) is 4.12. The largest absolute Gasteiger partial charge is 0.374 e. The standard InChI is InChI=1S/C17H16N4O3S2/c1-10(16(22)19-11-4-3-5-13(8-11)21(23)24)18-12-6-7-14-15(9-12)26-17(20-14)25-2/h3-10,18H,1-2H3,(H,19,22). The summed E-state index contributed by atoms with van der Waals surface area (Å²) in [6, 6.07) is 11.1. The molecule has 134 valence electrons. The normalized spacial score (nSPS) is 11.9. The van der Waals surface area contributed by atoms with Gasteiger partial charge in [0.05, 0.1) is 15.1 Å². The van der Waals surface area contributed by atoms with Crippen LogP contribution in [0, 0.1) is 10.1 Å². The Kier molecular flexibility index (Phi) is 5.38. The van der Waals surface area contributed by atoms with Gasteiger partial charge in [0.1, 0.15) is 6.04 Å². The highest BCUT2D eigenvalue weighted by Crippen LogP contribution is 2.30. The zero-order valence-corrected chi connectivity index (χ0v) is 15.7. The van der Waals surface area contributed by atoms with Gasteiger partial charge in [-0.2, -0.15) is 0 Å². The Morgan fingerprint density at radius 3 is 2.81 bits per heavy atom. The average molecular weight is 388 g/mol. The monoisotopic (exact) mass is 388 g/mol. The second kappa shape index (κ2) is 7.71. The van der Waals surface area contributed by atoms with Crippen molar-refractivity contribution < 1.29 is 9.72 Å². The van der Waals surface area contributed by atoms with Crippen molar-refractivity contribution in [3.05, 3.63) is 52.6 Å². The average Bonchev–Trinajstić information content (AvgIpc) is 3.04. The fraction of sp³-hybridized carbons (Fsp3) is 0.176. The summed E-state index contributed by atoms with van der Waals surface area (Å²) in [7, 11) is 0. The third-order valence-electron chi connectivity index (χ3n) is 3.64. The lowest BCUT2D eigenvalue weighted by molar-refractivity contribution is -0.384. The number of non-ortho nitro benzene ring substituents is 1. The van der Waals surface area contributed by atoms with Gasteiger partial charge in [-0.05, 0) is 37.4 Å². The SMILES string of the molecule is CSc1nc2ccc(NC(C)C(=O)Nc3cccc([N+](=O)[O-])c3)cc2s1. The lowest BCUT2D eigenvalue weighted by atomic mass is 10.2. The number of carbonyl (C=O) groups excluding carboxylic acids is 1. The van der Waals surface area contributed by atoms with Gasteiger partial charge in [-0.1, -0.05) is 17.8 Å². The molecule has 0 aliphatic carbocycles. The predicted molar refractivity (Wildman–Crippen MR) is 106 cm³/mol. The highest BCUT2D eigenvalue weighted by Gasteiger charge is 2.15. The maximum Gasteiger partial charge on any atom is 0.271 e. The molecule has 2 aromatic carbocycles. The number of nitrogens with zero attached hydrogens (tertiary/aromatic N) is 2. The topological polar surface area (TPSA) is 97.2 Å². The molecule has 9 heteroatoms. The number of hydrogen-bond acceptors (Lipinski definition) is 7. The molecule has 0 aliphatic rings. The van der Waals surface area contributed by atoms with Crippen molar-refractivity contribution in [3.8, 4) is 0 Å². The van der Waals surface area contributed by atoms with Crippen LogP contribution in [0.3, 0.4) is 0 Å². The van der Waals surface area contributed by atoms with Crippen molar-refractivity contribution in [2.45, 2.75) is 17.3 Å². The fourth-order valence-corrected chi connectivity index (χ4v) is 3.87. The number of hydrogen-bond donors (Lipinski definition) is 2. The first kappa shape index (κ1) is 18.2. The molecule has 0 fully saturated rings. The van der Waals surface area contributed by atoms with Crippen LogP contribution in [0.4, 0.5) is 17.1 Å². The first-order valence-electron chi connectivity index (χ1n) is 7.72. The summed E-state index contributed by atoms with van der Waals surface area (Å²) in [5.41, 5.74) is 2.07.